The van der Waals surface area contributed by atoms with Crippen LogP contribution in [0.1, 0.15) is 121 Å². The van der Waals surface area contributed by atoms with Crippen molar-refractivity contribution < 1.29 is 19.1 Å². The molecular formula is C30H46N2O4. The first-order chi connectivity index (χ1) is 17.5. The van der Waals surface area contributed by atoms with Crippen molar-refractivity contribution in [2.45, 2.75) is 136 Å². The molecule has 2 atom stereocenters. The highest BCUT2D eigenvalue weighted by atomic mass is 16.5. The fourth-order valence-electron chi connectivity index (χ4n) is 4.36. The van der Waals surface area contributed by atoms with Crippen molar-refractivity contribution in [3.05, 3.63) is 29.3 Å². The van der Waals surface area contributed by atoms with Gasteiger partial charge in [-0.2, -0.15) is 4.99 Å². The number of hydrogen-bond donors (Lipinski definition) is 0. The highest BCUT2D eigenvalue weighted by Gasteiger charge is 2.22. The van der Waals surface area contributed by atoms with E-state index >= 15 is 0 Å². The monoisotopic (exact) mass is 498 g/mol. The first kappa shape index (κ1) is 31.4. The van der Waals surface area contributed by atoms with E-state index in [-0.39, 0.29) is 12.5 Å². The van der Waals surface area contributed by atoms with Crippen molar-refractivity contribution in [1.29, 1.82) is 5.26 Å². The van der Waals surface area contributed by atoms with Crippen LogP contribution in [0.5, 0.6) is 5.75 Å². The number of rotatable bonds is 21. The minimum atomic E-state index is -0.959. The van der Waals surface area contributed by atoms with Crippen LogP contribution in [-0.4, -0.2) is 24.2 Å². The number of carbonyl (C=O) groups is 1. The lowest BCUT2D eigenvalue weighted by atomic mass is 10.0. The Morgan fingerprint density at radius 3 is 2.03 bits per heavy atom. The minimum absolute atomic E-state index is 0.182. The molecule has 0 radical (unpaired) electrons. The molecule has 0 heterocycles. The summed E-state index contributed by atoms with van der Waals surface area (Å²) in [5, 5.41) is 8.77. The van der Waals surface area contributed by atoms with E-state index in [0.717, 1.165) is 30.4 Å². The van der Waals surface area contributed by atoms with E-state index in [1.54, 1.807) is 18.4 Å². The molecule has 36 heavy (non-hydrogen) atoms. The van der Waals surface area contributed by atoms with Gasteiger partial charge in [0.15, 0.2) is 6.04 Å². The van der Waals surface area contributed by atoms with Crippen LogP contribution in [0.15, 0.2) is 23.2 Å². The van der Waals surface area contributed by atoms with Crippen LogP contribution in [0.4, 0.5) is 0 Å². The molecule has 0 fully saturated rings. The lowest BCUT2D eigenvalue weighted by molar-refractivity contribution is -0.150. The Labute approximate surface area is 218 Å². The summed E-state index contributed by atoms with van der Waals surface area (Å²) in [7, 11) is 0. The quantitative estimate of drug-likeness (QED) is 0.0565. The van der Waals surface area contributed by atoms with Crippen molar-refractivity contribution in [1.82, 2.24) is 0 Å². The molecule has 0 amide bonds. The molecule has 2 unspecified atom stereocenters. The van der Waals surface area contributed by atoms with E-state index in [9.17, 15) is 9.59 Å². The lowest BCUT2D eigenvalue weighted by Gasteiger charge is -2.17. The Kier molecular flexibility index (Phi) is 17.9. The zero-order valence-electron chi connectivity index (χ0n) is 22.7. The lowest BCUT2D eigenvalue weighted by Crippen LogP contribution is -2.27. The Bertz CT molecular complexity index is 827. The van der Waals surface area contributed by atoms with Gasteiger partial charge in [-0.05, 0) is 43.9 Å². The molecule has 0 saturated heterocycles. The molecular weight excluding hydrogens is 452 g/mol. The molecule has 0 aliphatic rings. The summed E-state index contributed by atoms with van der Waals surface area (Å²) in [6.07, 6.45) is 22.2. The van der Waals surface area contributed by atoms with Crippen molar-refractivity contribution >= 4 is 12.0 Å². The van der Waals surface area contributed by atoms with Crippen LogP contribution in [0, 0.1) is 18.4 Å². The van der Waals surface area contributed by atoms with Crippen LogP contribution in [0.2, 0.25) is 0 Å². The Balaban J connectivity index is 2.20. The molecule has 0 aliphatic heterocycles. The van der Waals surface area contributed by atoms with Crippen molar-refractivity contribution in [2.24, 2.45) is 4.99 Å². The Morgan fingerprint density at radius 2 is 1.50 bits per heavy atom. The summed E-state index contributed by atoms with van der Waals surface area (Å²) in [6.45, 7) is 5.97. The van der Waals surface area contributed by atoms with Crippen LogP contribution in [0.25, 0.3) is 0 Å². The van der Waals surface area contributed by atoms with Crippen LogP contribution in [-0.2, 0) is 20.7 Å². The normalized spacial score (nSPS) is 12.3. The summed E-state index contributed by atoms with van der Waals surface area (Å²) < 4.78 is 10.5. The molecule has 0 aromatic heterocycles. The Hall–Kier alpha value is -2.64. The molecule has 1 rings (SSSR count). The maximum Gasteiger partial charge on any atom is 0.332 e. The molecule has 6 nitrogen and oxygen atoms in total. The van der Waals surface area contributed by atoms with Gasteiger partial charge in [0.05, 0.1) is 6.10 Å². The third-order valence-electron chi connectivity index (χ3n) is 6.60. The number of unbranched alkanes of at least 4 members (excludes halogenated alkanes) is 13. The zero-order valence-corrected chi connectivity index (χ0v) is 22.7. The number of aliphatic imine (C=N–C) groups is 1. The highest BCUT2D eigenvalue weighted by molar-refractivity contribution is 5.77. The second-order valence-corrected chi connectivity index (χ2v) is 9.87. The van der Waals surface area contributed by atoms with Gasteiger partial charge in [-0.15, -0.1) is 5.26 Å². The number of isocyanates is 1. The van der Waals surface area contributed by atoms with Gasteiger partial charge in [-0.3, -0.25) is 0 Å². The summed E-state index contributed by atoms with van der Waals surface area (Å²) >= 11 is 0. The van der Waals surface area contributed by atoms with Gasteiger partial charge in [-0.1, -0.05) is 103 Å². The van der Waals surface area contributed by atoms with Gasteiger partial charge < -0.3 is 9.47 Å². The number of aryl methyl sites for hydroxylation is 1. The van der Waals surface area contributed by atoms with Crippen LogP contribution >= 0.6 is 0 Å². The first-order valence-electron chi connectivity index (χ1n) is 13.9. The maximum atomic E-state index is 12.6. The smallest absolute Gasteiger partial charge is 0.332 e. The van der Waals surface area contributed by atoms with Gasteiger partial charge >= 0.3 is 5.97 Å². The molecule has 0 N–H and O–H groups in total. The minimum Gasteiger partial charge on any atom is -0.461 e. The van der Waals surface area contributed by atoms with E-state index in [1.807, 2.05) is 19.9 Å². The number of benzene rings is 1. The second kappa shape index (κ2) is 20.5. The average molecular weight is 499 g/mol. The topological polar surface area (TPSA) is 88.8 Å². The van der Waals surface area contributed by atoms with Crippen LogP contribution in [0.3, 0.4) is 0 Å². The van der Waals surface area contributed by atoms with Gasteiger partial charge in [0.2, 0.25) is 6.08 Å². The van der Waals surface area contributed by atoms with Gasteiger partial charge in [0, 0.05) is 6.42 Å². The average Bonchev–Trinajstić information content (AvgIpc) is 2.86. The molecule has 0 saturated carbocycles. The van der Waals surface area contributed by atoms with E-state index in [2.05, 4.69) is 11.9 Å². The van der Waals surface area contributed by atoms with E-state index in [4.69, 9.17) is 14.7 Å². The molecule has 1 aromatic rings. The molecule has 0 spiro atoms. The molecule has 1 aromatic carbocycles. The van der Waals surface area contributed by atoms with Gasteiger partial charge in [-0.25, -0.2) is 9.59 Å². The number of esters is 1. The highest BCUT2D eigenvalue weighted by Crippen LogP contribution is 2.21. The third-order valence-corrected chi connectivity index (χ3v) is 6.60. The molecule has 6 heteroatoms. The first-order valence-corrected chi connectivity index (χ1v) is 13.9. The largest absolute Gasteiger partial charge is 0.461 e. The number of ether oxygens (including phenoxy) is 2. The van der Waals surface area contributed by atoms with Crippen molar-refractivity contribution in [2.75, 3.05) is 0 Å². The van der Waals surface area contributed by atoms with Gasteiger partial charge in [0.25, 0.3) is 6.26 Å². The number of carbonyl (C=O) groups excluding carboxylic acids is 2. The molecule has 0 bridgehead atoms. The van der Waals surface area contributed by atoms with E-state index < -0.39 is 12.0 Å². The second-order valence-electron chi connectivity index (χ2n) is 9.87. The van der Waals surface area contributed by atoms with E-state index in [0.29, 0.717) is 5.75 Å². The predicted molar refractivity (Wildman–Crippen MR) is 144 cm³/mol. The van der Waals surface area contributed by atoms with Crippen LogP contribution < -0.4 is 4.74 Å². The fourth-order valence-corrected chi connectivity index (χ4v) is 4.36. The summed E-state index contributed by atoms with van der Waals surface area (Å²) in [5.74, 6) is -0.108. The maximum absolute atomic E-state index is 12.6. The number of nitrogens with zero attached hydrogens (tertiary/aromatic N) is 2. The third kappa shape index (κ3) is 14.7. The summed E-state index contributed by atoms with van der Waals surface area (Å²) in [4.78, 5) is 27.1. The summed E-state index contributed by atoms with van der Waals surface area (Å²) in [5.41, 5.74) is 1.53. The molecule has 200 valence electrons. The predicted octanol–water partition coefficient (Wildman–Crippen LogP) is 7.90. The fraction of sp³-hybridized carbons (Fsp3) is 0.700. The van der Waals surface area contributed by atoms with Crippen molar-refractivity contribution in [3.63, 3.8) is 0 Å². The number of nitriles is 1. The van der Waals surface area contributed by atoms with Crippen molar-refractivity contribution in [3.8, 4) is 12.0 Å². The van der Waals surface area contributed by atoms with Gasteiger partial charge in [0.1, 0.15) is 5.75 Å². The number of hydrogen-bond acceptors (Lipinski definition) is 6. The standard InChI is InChI=1S/C30H46N2O4/c1-4-5-6-7-8-9-10-11-12-13-14-15-16-17-18-26(3)36-30(34)28(32-24-33)21-27-20-19-25(2)29(22-27)35-23-31/h19-20,22,26,28H,4-18,21H2,1-3H3. The Morgan fingerprint density at radius 1 is 0.944 bits per heavy atom. The SMILES string of the molecule is CCCCCCCCCCCCCCCCC(C)OC(=O)C(Cc1ccc(C)c(OC#N)c1)N=C=O. The zero-order chi connectivity index (χ0) is 26.4. The van der Waals surface area contributed by atoms with E-state index in [1.165, 1.54) is 83.1 Å². The molecule has 0 aliphatic carbocycles. The summed E-state index contributed by atoms with van der Waals surface area (Å²) in [6, 6.07) is 4.34.